The maximum Gasteiger partial charge on any atom is 0.407 e. The van der Waals surface area contributed by atoms with Gasteiger partial charge in [-0.05, 0) is 12.5 Å². The van der Waals surface area contributed by atoms with Gasteiger partial charge < -0.3 is 20.0 Å². The lowest BCUT2D eigenvalue weighted by Gasteiger charge is -2.30. The van der Waals surface area contributed by atoms with Crippen LogP contribution in [-0.4, -0.2) is 68.5 Å². The number of hydrogen-bond donors (Lipinski definition) is 3. The summed E-state index contributed by atoms with van der Waals surface area (Å²) in [6, 6.07) is -0.178. The Kier molecular flexibility index (Phi) is 4.51. The maximum absolute atomic E-state index is 12.5. The molecule has 0 aliphatic carbocycles. The Hall–Kier alpha value is -2.35. The van der Waals surface area contributed by atoms with Crippen LogP contribution in [0.5, 0.6) is 0 Å². The molecule has 0 spiro atoms. The van der Waals surface area contributed by atoms with Crippen molar-refractivity contribution < 1.29 is 19.8 Å². The third-order valence-corrected chi connectivity index (χ3v) is 3.79. The number of rotatable bonds is 4. The molecule has 0 saturated heterocycles. The van der Waals surface area contributed by atoms with Gasteiger partial charge in [-0.15, -0.1) is 0 Å². The van der Waals surface area contributed by atoms with Gasteiger partial charge in [-0.2, -0.15) is 5.10 Å². The van der Waals surface area contributed by atoms with Crippen molar-refractivity contribution in [3.8, 4) is 0 Å². The molecule has 1 aromatic heterocycles. The number of aliphatic hydroxyl groups excluding tert-OH is 1. The lowest BCUT2D eigenvalue weighted by molar-refractivity contribution is 0.0792. The van der Waals surface area contributed by atoms with Crippen LogP contribution in [0, 0.1) is 0 Å². The molecular formula is C14H20N4O4. The zero-order valence-corrected chi connectivity index (χ0v) is 12.7. The summed E-state index contributed by atoms with van der Waals surface area (Å²) >= 11 is 0. The number of amides is 2. The second kappa shape index (κ2) is 6.18. The SMILES string of the molecule is C=C(CO)CN(C)C(=O)c1[nH]nc2c1CN(C(=O)O)C(C)C2. The van der Waals surface area contributed by atoms with Gasteiger partial charge in [0.25, 0.3) is 5.91 Å². The fraction of sp³-hybridized carbons (Fsp3) is 0.500. The summed E-state index contributed by atoms with van der Waals surface area (Å²) in [5.74, 6) is -0.303. The van der Waals surface area contributed by atoms with Crippen molar-refractivity contribution in [2.75, 3.05) is 20.2 Å². The molecular weight excluding hydrogens is 288 g/mol. The standard InChI is InChI=1S/C14H20N4O4/c1-8(7-19)5-17(3)13(20)12-10-6-18(14(21)22)9(2)4-11(10)15-16-12/h9,19H,1,4-7H2,2-3H3,(H,15,16)(H,21,22). The molecule has 1 aromatic rings. The number of carbonyl (C=O) groups is 2. The summed E-state index contributed by atoms with van der Waals surface area (Å²) in [6.07, 6.45) is -0.543. The van der Waals surface area contributed by atoms with Crippen molar-refractivity contribution >= 4 is 12.0 Å². The number of aliphatic hydroxyl groups is 1. The van der Waals surface area contributed by atoms with E-state index in [4.69, 9.17) is 5.11 Å². The van der Waals surface area contributed by atoms with Gasteiger partial charge in [-0.25, -0.2) is 4.79 Å². The molecule has 0 radical (unpaired) electrons. The van der Waals surface area contributed by atoms with Gasteiger partial charge in [0.1, 0.15) is 5.69 Å². The molecule has 1 aliphatic heterocycles. The highest BCUT2D eigenvalue weighted by atomic mass is 16.4. The number of hydrogen-bond acceptors (Lipinski definition) is 4. The Balaban J connectivity index is 2.23. The predicted octanol–water partition coefficient (Wildman–Crippen LogP) is 0.455. The molecule has 0 aromatic carbocycles. The number of fused-ring (bicyclic) bond motifs is 1. The van der Waals surface area contributed by atoms with Gasteiger partial charge >= 0.3 is 6.09 Å². The molecule has 1 unspecified atom stereocenters. The summed E-state index contributed by atoms with van der Waals surface area (Å²) in [4.78, 5) is 26.4. The van der Waals surface area contributed by atoms with Crippen LogP contribution in [0.25, 0.3) is 0 Å². The number of likely N-dealkylation sites (N-methyl/N-ethyl adjacent to an activating group) is 1. The van der Waals surface area contributed by atoms with E-state index in [9.17, 15) is 14.7 Å². The van der Waals surface area contributed by atoms with Crippen molar-refractivity contribution in [1.29, 1.82) is 0 Å². The van der Waals surface area contributed by atoms with Gasteiger partial charge in [-0.1, -0.05) is 6.58 Å². The zero-order valence-electron chi connectivity index (χ0n) is 12.7. The van der Waals surface area contributed by atoms with Crippen molar-refractivity contribution in [2.45, 2.75) is 25.9 Å². The molecule has 8 nitrogen and oxygen atoms in total. The van der Waals surface area contributed by atoms with E-state index in [0.717, 1.165) is 5.69 Å². The molecule has 2 amide bonds. The summed E-state index contributed by atoms with van der Waals surface area (Å²) in [5.41, 5.74) is 2.15. The minimum Gasteiger partial charge on any atom is -0.465 e. The predicted molar refractivity (Wildman–Crippen MR) is 78.5 cm³/mol. The highest BCUT2D eigenvalue weighted by Crippen LogP contribution is 2.25. The number of carboxylic acid groups (broad SMARTS) is 1. The number of aromatic amines is 1. The van der Waals surface area contributed by atoms with Crippen LogP contribution >= 0.6 is 0 Å². The Bertz CT molecular complexity index is 610. The first-order valence-corrected chi connectivity index (χ1v) is 6.93. The molecule has 1 aliphatic rings. The van der Waals surface area contributed by atoms with Gasteiger partial charge in [0.15, 0.2) is 0 Å². The van der Waals surface area contributed by atoms with E-state index in [1.54, 1.807) is 7.05 Å². The second-order valence-corrected chi connectivity index (χ2v) is 5.56. The fourth-order valence-electron chi connectivity index (χ4n) is 2.54. The average molecular weight is 308 g/mol. The fourth-order valence-corrected chi connectivity index (χ4v) is 2.54. The molecule has 0 fully saturated rings. The highest BCUT2D eigenvalue weighted by Gasteiger charge is 2.32. The lowest BCUT2D eigenvalue weighted by Crippen LogP contribution is -2.42. The topological polar surface area (TPSA) is 110 Å². The van der Waals surface area contributed by atoms with Crippen LogP contribution in [0.15, 0.2) is 12.2 Å². The molecule has 2 rings (SSSR count). The van der Waals surface area contributed by atoms with Crippen molar-refractivity contribution in [2.24, 2.45) is 0 Å². The third kappa shape index (κ3) is 2.96. The monoisotopic (exact) mass is 308 g/mol. The van der Waals surface area contributed by atoms with Crippen LogP contribution in [0.2, 0.25) is 0 Å². The van der Waals surface area contributed by atoms with E-state index in [0.29, 0.717) is 23.3 Å². The lowest BCUT2D eigenvalue weighted by atomic mass is 9.99. The minimum absolute atomic E-state index is 0.137. The average Bonchev–Trinajstić information content (AvgIpc) is 2.87. The normalized spacial score (nSPS) is 17.0. The Morgan fingerprint density at radius 1 is 1.55 bits per heavy atom. The Morgan fingerprint density at radius 3 is 2.82 bits per heavy atom. The van der Waals surface area contributed by atoms with Gasteiger partial charge in [-0.3, -0.25) is 9.89 Å². The van der Waals surface area contributed by atoms with Crippen molar-refractivity contribution in [1.82, 2.24) is 20.0 Å². The first kappa shape index (κ1) is 16.0. The van der Waals surface area contributed by atoms with E-state index >= 15 is 0 Å². The van der Waals surface area contributed by atoms with Crippen LogP contribution < -0.4 is 0 Å². The molecule has 0 saturated carbocycles. The smallest absolute Gasteiger partial charge is 0.407 e. The Labute approximate surface area is 128 Å². The van der Waals surface area contributed by atoms with Crippen LogP contribution in [0.4, 0.5) is 4.79 Å². The van der Waals surface area contributed by atoms with Gasteiger partial charge in [0, 0.05) is 31.6 Å². The maximum atomic E-state index is 12.5. The third-order valence-electron chi connectivity index (χ3n) is 3.79. The summed E-state index contributed by atoms with van der Waals surface area (Å²) in [5, 5.41) is 25.1. The summed E-state index contributed by atoms with van der Waals surface area (Å²) in [7, 11) is 1.59. The van der Waals surface area contributed by atoms with E-state index in [1.807, 2.05) is 6.92 Å². The quantitative estimate of drug-likeness (QED) is 0.700. The molecule has 120 valence electrons. The number of nitrogens with zero attached hydrogens (tertiary/aromatic N) is 3. The van der Waals surface area contributed by atoms with E-state index in [-0.39, 0.29) is 31.6 Å². The first-order valence-electron chi connectivity index (χ1n) is 6.93. The zero-order chi connectivity index (χ0) is 16.4. The first-order chi connectivity index (χ1) is 10.3. The summed E-state index contributed by atoms with van der Waals surface area (Å²) < 4.78 is 0. The minimum atomic E-state index is -1.01. The molecule has 2 heterocycles. The summed E-state index contributed by atoms with van der Waals surface area (Å²) in [6.45, 7) is 5.63. The molecule has 3 N–H and O–H groups in total. The van der Waals surface area contributed by atoms with Crippen LogP contribution in [0.1, 0.15) is 28.7 Å². The van der Waals surface area contributed by atoms with Gasteiger partial charge in [0.05, 0.1) is 18.8 Å². The van der Waals surface area contributed by atoms with Crippen molar-refractivity contribution in [3.63, 3.8) is 0 Å². The van der Waals surface area contributed by atoms with Crippen molar-refractivity contribution in [3.05, 3.63) is 29.1 Å². The molecule has 22 heavy (non-hydrogen) atoms. The van der Waals surface area contributed by atoms with E-state index < -0.39 is 6.09 Å². The van der Waals surface area contributed by atoms with Crippen LogP contribution in [0.3, 0.4) is 0 Å². The highest BCUT2D eigenvalue weighted by molar-refractivity contribution is 5.94. The molecule has 1 atom stereocenters. The largest absolute Gasteiger partial charge is 0.465 e. The van der Waals surface area contributed by atoms with E-state index in [2.05, 4.69) is 16.8 Å². The molecule has 8 heteroatoms. The second-order valence-electron chi connectivity index (χ2n) is 5.56. The van der Waals surface area contributed by atoms with Crippen LogP contribution in [-0.2, 0) is 13.0 Å². The number of aromatic nitrogens is 2. The number of H-pyrrole nitrogens is 1. The molecule has 0 bridgehead atoms. The number of carbonyl (C=O) groups excluding carboxylic acids is 1. The van der Waals surface area contributed by atoms with Gasteiger partial charge in [0.2, 0.25) is 0 Å². The number of nitrogens with one attached hydrogen (secondary N) is 1. The van der Waals surface area contributed by atoms with E-state index in [1.165, 1.54) is 9.80 Å². The Morgan fingerprint density at radius 2 is 2.23 bits per heavy atom.